The van der Waals surface area contributed by atoms with E-state index in [1.165, 1.54) is 12.1 Å². The van der Waals surface area contributed by atoms with E-state index in [1.807, 2.05) is 65.4 Å². The second-order valence-corrected chi connectivity index (χ2v) is 11.1. The van der Waals surface area contributed by atoms with Crippen molar-refractivity contribution in [3.63, 3.8) is 0 Å². The number of amides is 1. The number of carbonyl (C=O) groups excluding carboxylic acids is 1. The number of hydrogen-bond donors (Lipinski definition) is 1. The fourth-order valence-electron chi connectivity index (χ4n) is 4.15. The minimum Gasteiger partial charge on any atom is -0.377 e. The topological polar surface area (TPSA) is 111 Å². The van der Waals surface area contributed by atoms with Gasteiger partial charge in [0.1, 0.15) is 12.4 Å². The standard InChI is InChI=1S/C31H34N4O5S/c1-24(2)35(18-19-39-20-21-40-23-29(36)34-41(37,38)27-16-10-5-11-17-27)28-22-32-30(25-12-6-3-7-13-25)31(33-28)26-14-8-4-9-15-26/h3-17,22,24H,18-21,23H2,1-2H3,(H,34,36). The summed E-state index contributed by atoms with van der Waals surface area (Å²) in [7, 11) is -3.92. The number of nitrogens with one attached hydrogen (secondary N) is 1. The molecule has 4 aromatic rings. The quantitative estimate of drug-likeness (QED) is 0.218. The maximum Gasteiger partial charge on any atom is 0.264 e. The second-order valence-electron chi connectivity index (χ2n) is 9.45. The van der Waals surface area contributed by atoms with Gasteiger partial charge < -0.3 is 14.4 Å². The molecule has 0 aliphatic heterocycles. The van der Waals surface area contributed by atoms with Crippen LogP contribution in [-0.2, 0) is 24.3 Å². The first-order valence-electron chi connectivity index (χ1n) is 13.4. The Morgan fingerprint density at radius 1 is 0.805 bits per heavy atom. The van der Waals surface area contributed by atoms with Crippen LogP contribution in [0.25, 0.3) is 22.5 Å². The van der Waals surface area contributed by atoms with Crippen LogP contribution in [0.2, 0.25) is 0 Å². The van der Waals surface area contributed by atoms with Gasteiger partial charge in [0.2, 0.25) is 0 Å². The number of carbonyl (C=O) groups is 1. The molecule has 214 valence electrons. The SMILES string of the molecule is CC(C)N(CCOCCOCC(=O)NS(=O)(=O)c1ccccc1)c1cnc(-c2ccccc2)c(-c2ccccc2)n1. The van der Waals surface area contributed by atoms with Gasteiger partial charge in [0, 0.05) is 23.7 Å². The van der Waals surface area contributed by atoms with Crippen LogP contribution in [0.3, 0.4) is 0 Å². The number of ether oxygens (including phenoxy) is 2. The fourth-order valence-corrected chi connectivity index (χ4v) is 5.14. The van der Waals surface area contributed by atoms with E-state index in [0.717, 1.165) is 28.3 Å². The zero-order valence-corrected chi connectivity index (χ0v) is 24.0. The van der Waals surface area contributed by atoms with E-state index in [4.69, 9.17) is 19.4 Å². The zero-order valence-electron chi connectivity index (χ0n) is 23.1. The van der Waals surface area contributed by atoms with E-state index in [9.17, 15) is 13.2 Å². The van der Waals surface area contributed by atoms with Crippen molar-refractivity contribution in [3.8, 4) is 22.5 Å². The van der Waals surface area contributed by atoms with Gasteiger partial charge in [-0.3, -0.25) is 9.78 Å². The molecule has 0 aliphatic rings. The van der Waals surface area contributed by atoms with Crippen molar-refractivity contribution in [2.75, 3.05) is 37.9 Å². The fraction of sp³-hybridized carbons (Fsp3) is 0.258. The van der Waals surface area contributed by atoms with Gasteiger partial charge in [-0.15, -0.1) is 0 Å². The van der Waals surface area contributed by atoms with Crippen LogP contribution in [0.4, 0.5) is 5.82 Å². The van der Waals surface area contributed by atoms with Crippen molar-refractivity contribution in [1.29, 1.82) is 0 Å². The molecule has 1 amide bonds. The highest BCUT2D eigenvalue weighted by Gasteiger charge is 2.18. The lowest BCUT2D eigenvalue weighted by atomic mass is 10.0. The van der Waals surface area contributed by atoms with Crippen molar-refractivity contribution >= 4 is 21.7 Å². The lowest BCUT2D eigenvalue weighted by Crippen LogP contribution is -2.35. The number of sulfonamides is 1. The summed E-state index contributed by atoms with van der Waals surface area (Å²) in [5.41, 5.74) is 3.61. The first-order valence-corrected chi connectivity index (χ1v) is 14.8. The third-order valence-corrected chi connectivity index (χ3v) is 7.54. The maximum absolute atomic E-state index is 12.2. The van der Waals surface area contributed by atoms with E-state index in [0.29, 0.717) is 13.2 Å². The largest absolute Gasteiger partial charge is 0.377 e. The van der Waals surface area contributed by atoms with Gasteiger partial charge in [-0.1, -0.05) is 78.9 Å². The molecule has 1 N–H and O–H groups in total. The highest BCUT2D eigenvalue weighted by molar-refractivity contribution is 7.90. The summed E-state index contributed by atoms with van der Waals surface area (Å²) in [5.74, 6) is 0.00117. The number of hydrogen-bond acceptors (Lipinski definition) is 8. The van der Waals surface area contributed by atoms with Gasteiger partial charge in [0.25, 0.3) is 15.9 Å². The molecule has 9 nitrogen and oxygen atoms in total. The summed E-state index contributed by atoms with van der Waals surface area (Å²) in [6.45, 7) is 5.14. The van der Waals surface area contributed by atoms with Crippen molar-refractivity contribution in [2.45, 2.75) is 24.8 Å². The number of anilines is 1. The van der Waals surface area contributed by atoms with Crippen LogP contribution in [0.1, 0.15) is 13.8 Å². The molecule has 0 saturated carbocycles. The van der Waals surface area contributed by atoms with E-state index < -0.39 is 15.9 Å². The third-order valence-electron chi connectivity index (χ3n) is 6.16. The van der Waals surface area contributed by atoms with Crippen molar-refractivity contribution in [2.24, 2.45) is 0 Å². The van der Waals surface area contributed by atoms with Crippen molar-refractivity contribution < 1.29 is 22.7 Å². The highest BCUT2D eigenvalue weighted by Crippen LogP contribution is 2.30. The molecule has 1 heterocycles. The predicted octanol–water partition coefficient (Wildman–Crippen LogP) is 4.56. The number of benzene rings is 3. The second kappa shape index (κ2) is 14.5. The molecule has 10 heteroatoms. The Balaban J connectivity index is 1.30. The van der Waals surface area contributed by atoms with Gasteiger partial charge in [-0.2, -0.15) is 0 Å². The third kappa shape index (κ3) is 8.43. The van der Waals surface area contributed by atoms with Crippen LogP contribution in [0, 0.1) is 0 Å². The average molecular weight is 575 g/mol. The smallest absolute Gasteiger partial charge is 0.264 e. The first-order chi connectivity index (χ1) is 19.8. The number of nitrogens with zero attached hydrogens (tertiary/aromatic N) is 3. The van der Waals surface area contributed by atoms with Crippen molar-refractivity contribution in [1.82, 2.24) is 14.7 Å². The van der Waals surface area contributed by atoms with E-state index in [1.54, 1.807) is 24.4 Å². The Hall–Kier alpha value is -4.12. The van der Waals surface area contributed by atoms with Gasteiger partial charge in [-0.25, -0.2) is 18.1 Å². The molecule has 0 spiro atoms. The van der Waals surface area contributed by atoms with Crippen LogP contribution >= 0.6 is 0 Å². The molecular formula is C31H34N4O5S. The molecule has 4 rings (SSSR count). The molecular weight excluding hydrogens is 540 g/mol. The van der Waals surface area contributed by atoms with Crippen LogP contribution < -0.4 is 9.62 Å². The molecule has 0 fully saturated rings. The highest BCUT2D eigenvalue weighted by atomic mass is 32.2. The summed E-state index contributed by atoms with van der Waals surface area (Å²) in [6, 6.07) is 27.8. The Labute approximate surface area is 241 Å². The molecule has 0 bridgehead atoms. The van der Waals surface area contributed by atoms with Gasteiger partial charge in [-0.05, 0) is 26.0 Å². The summed E-state index contributed by atoms with van der Waals surface area (Å²) >= 11 is 0. The molecule has 0 atom stereocenters. The summed E-state index contributed by atoms with van der Waals surface area (Å²) < 4.78 is 37.5. The Morgan fingerprint density at radius 3 is 1.98 bits per heavy atom. The minimum absolute atomic E-state index is 0.0154. The predicted molar refractivity (Wildman–Crippen MR) is 159 cm³/mol. The van der Waals surface area contributed by atoms with Gasteiger partial charge in [0.15, 0.2) is 0 Å². The first kappa shape index (κ1) is 29.9. The molecule has 41 heavy (non-hydrogen) atoms. The van der Waals surface area contributed by atoms with Gasteiger partial charge >= 0.3 is 0 Å². The minimum atomic E-state index is -3.92. The lowest BCUT2D eigenvalue weighted by molar-refractivity contribution is -0.124. The molecule has 1 aromatic heterocycles. The Bertz CT molecular complexity index is 1500. The van der Waals surface area contributed by atoms with Crippen LogP contribution in [0.5, 0.6) is 0 Å². The Kier molecular flexibility index (Phi) is 10.6. The summed E-state index contributed by atoms with van der Waals surface area (Å²) in [4.78, 5) is 24.0. The molecule has 3 aromatic carbocycles. The Morgan fingerprint density at radius 2 is 1.37 bits per heavy atom. The zero-order chi connectivity index (χ0) is 29.1. The van der Waals surface area contributed by atoms with Gasteiger partial charge in [0.05, 0.1) is 42.3 Å². The van der Waals surface area contributed by atoms with Crippen LogP contribution in [-0.4, -0.2) is 63.3 Å². The number of rotatable bonds is 14. The monoisotopic (exact) mass is 574 g/mol. The molecule has 0 radical (unpaired) electrons. The lowest BCUT2D eigenvalue weighted by Gasteiger charge is -2.28. The van der Waals surface area contributed by atoms with E-state index in [-0.39, 0.29) is 30.8 Å². The van der Waals surface area contributed by atoms with E-state index >= 15 is 0 Å². The average Bonchev–Trinajstić information content (AvgIpc) is 2.99. The van der Waals surface area contributed by atoms with Crippen LogP contribution in [0.15, 0.2) is 102 Å². The molecule has 0 aliphatic carbocycles. The summed E-state index contributed by atoms with van der Waals surface area (Å²) in [5, 5.41) is 0. The molecule has 0 unspecified atom stereocenters. The maximum atomic E-state index is 12.2. The van der Waals surface area contributed by atoms with Crippen molar-refractivity contribution in [3.05, 3.63) is 97.2 Å². The normalized spacial score (nSPS) is 11.4. The summed E-state index contributed by atoms with van der Waals surface area (Å²) in [6.07, 6.45) is 1.79. The van der Waals surface area contributed by atoms with E-state index in [2.05, 4.69) is 18.7 Å². The number of aromatic nitrogens is 2. The molecule has 0 saturated heterocycles.